The first-order chi connectivity index (χ1) is 12.6. The van der Waals surface area contributed by atoms with E-state index in [1.807, 2.05) is 6.07 Å². The van der Waals surface area contributed by atoms with E-state index in [1.54, 1.807) is 30.5 Å². The van der Waals surface area contributed by atoms with Crippen molar-refractivity contribution in [2.45, 2.75) is 0 Å². The maximum absolute atomic E-state index is 12.5. The molecule has 1 fully saturated rings. The molecule has 3 rings (SSSR count). The number of rotatable bonds is 6. The van der Waals surface area contributed by atoms with Crippen LogP contribution in [0.25, 0.3) is 0 Å². The molecule has 1 aromatic carbocycles. The lowest BCUT2D eigenvalue weighted by Gasteiger charge is -2.28. The van der Waals surface area contributed by atoms with Gasteiger partial charge in [-0.2, -0.15) is 0 Å². The van der Waals surface area contributed by atoms with Crippen molar-refractivity contribution in [1.29, 1.82) is 0 Å². The van der Waals surface area contributed by atoms with Crippen LogP contribution in [0.5, 0.6) is 5.75 Å². The van der Waals surface area contributed by atoms with Crippen molar-refractivity contribution in [2.75, 3.05) is 43.1 Å². The maximum atomic E-state index is 12.5. The van der Waals surface area contributed by atoms with Crippen LogP contribution in [0, 0.1) is 0 Å². The third kappa shape index (κ3) is 4.70. The van der Waals surface area contributed by atoms with Gasteiger partial charge in [0.1, 0.15) is 5.75 Å². The fourth-order valence-corrected chi connectivity index (χ4v) is 2.54. The highest BCUT2D eigenvalue weighted by molar-refractivity contribution is 6.04. The van der Waals surface area contributed by atoms with Gasteiger partial charge in [0, 0.05) is 25.0 Å². The van der Waals surface area contributed by atoms with Gasteiger partial charge < -0.3 is 25.4 Å². The minimum atomic E-state index is -0.546. The quantitative estimate of drug-likeness (QED) is 0.801. The molecular weight excluding hydrogens is 336 g/mol. The highest BCUT2D eigenvalue weighted by Crippen LogP contribution is 2.19. The van der Waals surface area contributed by atoms with Crippen LogP contribution < -0.4 is 20.7 Å². The second kappa shape index (κ2) is 8.30. The molecule has 0 unspecified atom stereocenters. The molecule has 2 aromatic rings. The van der Waals surface area contributed by atoms with Gasteiger partial charge in [-0.15, -0.1) is 0 Å². The number of primary amides is 1. The predicted molar refractivity (Wildman–Crippen MR) is 96.4 cm³/mol. The fourth-order valence-electron chi connectivity index (χ4n) is 2.54. The Bertz CT molecular complexity index is 773. The second-order valence-corrected chi connectivity index (χ2v) is 5.76. The van der Waals surface area contributed by atoms with Crippen LogP contribution in [0.4, 0.5) is 11.4 Å². The Morgan fingerprint density at radius 1 is 1.19 bits per heavy atom. The van der Waals surface area contributed by atoms with E-state index < -0.39 is 5.91 Å². The number of carbonyl (C=O) groups excluding carboxylic acids is 2. The van der Waals surface area contributed by atoms with Gasteiger partial charge in [0.25, 0.3) is 11.8 Å². The zero-order chi connectivity index (χ0) is 18.4. The fraction of sp³-hybridized carbons (Fsp3) is 0.278. The molecule has 1 aliphatic heterocycles. The average Bonchev–Trinajstić information content (AvgIpc) is 2.68. The summed E-state index contributed by atoms with van der Waals surface area (Å²) in [5, 5.41) is 2.81. The predicted octanol–water partition coefficient (Wildman–Crippen LogP) is 1.03. The van der Waals surface area contributed by atoms with E-state index in [9.17, 15) is 9.59 Å². The molecule has 2 amide bonds. The van der Waals surface area contributed by atoms with E-state index in [2.05, 4.69) is 15.2 Å². The van der Waals surface area contributed by atoms with Crippen LogP contribution in [0.3, 0.4) is 0 Å². The number of carbonyl (C=O) groups is 2. The zero-order valence-electron chi connectivity index (χ0n) is 14.2. The number of nitrogens with zero attached hydrogens (tertiary/aromatic N) is 2. The van der Waals surface area contributed by atoms with Crippen LogP contribution in [0.1, 0.15) is 10.4 Å². The zero-order valence-corrected chi connectivity index (χ0v) is 14.2. The maximum Gasteiger partial charge on any atom is 0.257 e. The van der Waals surface area contributed by atoms with Gasteiger partial charge in [0.15, 0.2) is 6.61 Å². The second-order valence-electron chi connectivity index (χ2n) is 5.76. The molecule has 3 N–H and O–H groups in total. The molecule has 8 heteroatoms. The molecule has 1 aromatic heterocycles. The topological polar surface area (TPSA) is 107 Å². The standard InChI is InChI=1S/C18H20N4O4/c19-17(23)12-26-16-3-1-14(2-4-16)21-18(24)13-9-15(11-20-10-13)22-5-7-25-8-6-22/h1-4,9-11H,5-8,12H2,(H2,19,23)(H,21,24). The van der Waals surface area contributed by atoms with Gasteiger partial charge in [0.05, 0.1) is 30.7 Å². The third-order valence-corrected chi connectivity index (χ3v) is 3.86. The Balaban J connectivity index is 1.63. The van der Waals surface area contributed by atoms with E-state index in [-0.39, 0.29) is 12.5 Å². The van der Waals surface area contributed by atoms with Crippen molar-refractivity contribution in [3.8, 4) is 5.75 Å². The molecule has 0 saturated carbocycles. The summed E-state index contributed by atoms with van der Waals surface area (Å²) in [7, 11) is 0. The monoisotopic (exact) mass is 356 g/mol. The normalized spacial score (nSPS) is 13.9. The van der Waals surface area contributed by atoms with Crippen LogP contribution in [0.2, 0.25) is 0 Å². The molecule has 1 aliphatic rings. The highest BCUT2D eigenvalue weighted by Gasteiger charge is 2.14. The molecule has 0 aliphatic carbocycles. The van der Waals surface area contributed by atoms with Crippen LogP contribution in [0.15, 0.2) is 42.7 Å². The van der Waals surface area contributed by atoms with E-state index in [4.69, 9.17) is 15.2 Å². The summed E-state index contributed by atoms with van der Waals surface area (Å²) >= 11 is 0. The average molecular weight is 356 g/mol. The Hall–Kier alpha value is -3.13. The Morgan fingerprint density at radius 3 is 2.62 bits per heavy atom. The van der Waals surface area contributed by atoms with Crippen molar-refractivity contribution < 1.29 is 19.1 Å². The summed E-state index contributed by atoms with van der Waals surface area (Å²) in [6.07, 6.45) is 3.27. The minimum Gasteiger partial charge on any atom is -0.484 e. The number of pyridine rings is 1. The van der Waals surface area contributed by atoms with E-state index in [1.165, 1.54) is 6.20 Å². The highest BCUT2D eigenvalue weighted by atomic mass is 16.5. The molecule has 0 spiro atoms. The number of nitrogens with two attached hydrogens (primary N) is 1. The number of hydrogen-bond donors (Lipinski definition) is 2. The number of hydrogen-bond acceptors (Lipinski definition) is 6. The molecule has 0 bridgehead atoms. The number of nitrogens with one attached hydrogen (secondary N) is 1. The van der Waals surface area contributed by atoms with Crippen LogP contribution >= 0.6 is 0 Å². The number of ether oxygens (including phenoxy) is 2. The van der Waals surface area contributed by atoms with Crippen molar-refractivity contribution in [3.05, 3.63) is 48.3 Å². The molecule has 0 radical (unpaired) electrons. The Morgan fingerprint density at radius 2 is 1.92 bits per heavy atom. The smallest absolute Gasteiger partial charge is 0.257 e. The molecule has 1 saturated heterocycles. The molecule has 8 nitrogen and oxygen atoms in total. The summed E-state index contributed by atoms with van der Waals surface area (Å²) in [4.78, 5) is 29.5. The van der Waals surface area contributed by atoms with Crippen molar-refractivity contribution in [1.82, 2.24) is 4.98 Å². The van der Waals surface area contributed by atoms with Crippen molar-refractivity contribution >= 4 is 23.2 Å². The summed E-state index contributed by atoms with van der Waals surface area (Å²) in [5.74, 6) is -0.300. The lowest BCUT2D eigenvalue weighted by molar-refractivity contribution is -0.119. The third-order valence-electron chi connectivity index (χ3n) is 3.86. The van der Waals surface area contributed by atoms with Crippen LogP contribution in [-0.4, -0.2) is 49.7 Å². The first-order valence-corrected chi connectivity index (χ1v) is 8.22. The number of benzene rings is 1. The first-order valence-electron chi connectivity index (χ1n) is 8.22. The SMILES string of the molecule is NC(=O)COc1ccc(NC(=O)c2cncc(N3CCOCC3)c2)cc1. The summed E-state index contributed by atoms with van der Waals surface area (Å²) in [6.45, 7) is 2.70. The number of morpholine rings is 1. The molecule has 26 heavy (non-hydrogen) atoms. The van der Waals surface area contributed by atoms with Gasteiger partial charge >= 0.3 is 0 Å². The van der Waals surface area contributed by atoms with Gasteiger partial charge in [-0.25, -0.2) is 0 Å². The summed E-state index contributed by atoms with van der Waals surface area (Å²) in [6, 6.07) is 8.50. The van der Waals surface area contributed by atoms with Gasteiger partial charge in [-0.3, -0.25) is 14.6 Å². The van der Waals surface area contributed by atoms with Crippen molar-refractivity contribution in [2.24, 2.45) is 5.73 Å². The van der Waals surface area contributed by atoms with E-state index in [0.29, 0.717) is 30.2 Å². The molecule has 136 valence electrons. The molecule has 0 atom stereocenters. The van der Waals surface area contributed by atoms with E-state index in [0.717, 1.165) is 18.8 Å². The largest absolute Gasteiger partial charge is 0.484 e. The van der Waals surface area contributed by atoms with Gasteiger partial charge in [-0.1, -0.05) is 0 Å². The number of anilines is 2. The lowest BCUT2D eigenvalue weighted by Crippen LogP contribution is -2.36. The molecular formula is C18H20N4O4. The minimum absolute atomic E-state index is 0.189. The van der Waals surface area contributed by atoms with Gasteiger partial charge in [0.2, 0.25) is 0 Å². The molecule has 2 heterocycles. The number of amides is 2. The van der Waals surface area contributed by atoms with Crippen molar-refractivity contribution in [3.63, 3.8) is 0 Å². The Labute approximate surface area is 150 Å². The Kier molecular flexibility index (Phi) is 5.65. The van der Waals surface area contributed by atoms with Crippen LogP contribution in [-0.2, 0) is 9.53 Å². The van der Waals surface area contributed by atoms with Gasteiger partial charge in [-0.05, 0) is 30.3 Å². The number of aromatic nitrogens is 1. The summed E-state index contributed by atoms with van der Waals surface area (Å²) in [5.41, 5.74) is 7.01. The summed E-state index contributed by atoms with van der Waals surface area (Å²) < 4.78 is 10.5. The van der Waals surface area contributed by atoms with E-state index >= 15 is 0 Å². The lowest BCUT2D eigenvalue weighted by atomic mass is 10.2. The first kappa shape index (κ1) is 17.7.